The lowest BCUT2D eigenvalue weighted by molar-refractivity contribution is 0.0953. The van der Waals surface area contributed by atoms with E-state index in [-0.39, 0.29) is 5.91 Å². The van der Waals surface area contributed by atoms with Gasteiger partial charge in [0.25, 0.3) is 5.91 Å². The van der Waals surface area contributed by atoms with Crippen molar-refractivity contribution in [2.75, 3.05) is 12.0 Å². The topological polar surface area (TPSA) is 97.9 Å². The van der Waals surface area contributed by atoms with Crippen LogP contribution in [0.25, 0.3) is 0 Å². The fourth-order valence-electron chi connectivity index (χ4n) is 1.84. The first-order chi connectivity index (χ1) is 9.81. The molecule has 0 spiro atoms. The first kappa shape index (κ1) is 14.0. The zero-order valence-electron chi connectivity index (χ0n) is 11.1. The van der Waals surface area contributed by atoms with Crippen LogP contribution >= 0.6 is 0 Å². The number of aryl methyl sites for hydroxylation is 1. The van der Waals surface area contributed by atoms with Crippen LogP contribution in [0.5, 0.6) is 0 Å². The number of unbranched alkanes of at least 4 members (excludes halogenated alkanes) is 1. The quantitative estimate of drug-likeness (QED) is 0.393. The van der Waals surface area contributed by atoms with Crippen LogP contribution in [0.2, 0.25) is 0 Å². The van der Waals surface area contributed by atoms with Gasteiger partial charge in [-0.25, -0.2) is 4.98 Å². The van der Waals surface area contributed by atoms with Gasteiger partial charge in [0.1, 0.15) is 0 Å². The highest BCUT2D eigenvalue weighted by Gasteiger charge is 2.09. The Hall–Kier alpha value is -2.41. The first-order valence-corrected chi connectivity index (χ1v) is 6.46. The minimum absolute atomic E-state index is 0.173. The van der Waals surface area contributed by atoms with Crippen molar-refractivity contribution in [3.8, 4) is 0 Å². The third kappa shape index (κ3) is 3.79. The molecule has 0 aromatic carbocycles. The van der Waals surface area contributed by atoms with Crippen molar-refractivity contribution in [2.45, 2.75) is 19.4 Å². The molecule has 106 valence electrons. The summed E-state index contributed by atoms with van der Waals surface area (Å²) in [6, 6.07) is 1.66. The molecule has 7 heteroatoms. The number of nitrogen functional groups attached to an aromatic ring is 1. The van der Waals surface area contributed by atoms with Gasteiger partial charge in [0, 0.05) is 37.9 Å². The number of nitrogens with two attached hydrogens (primary N) is 1. The van der Waals surface area contributed by atoms with Crippen LogP contribution in [-0.4, -0.2) is 27.0 Å². The Kier molecular flexibility index (Phi) is 5.08. The average molecular weight is 274 g/mol. The van der Waals surface area contributed by atoms with E-state index >= 15 is 0 Å². The van der Waals surface area contributed by atoms with Crippen LogP contribution in [0, 0.1) is 0 Å². The first-order valence-electron chi connectivity index (χ1n) is 6.46. The minimum atomic E-state index is -0.173. The molecule has 20 heavy (non-hydrogen) atoms. The molecule has 7 nitrogen and oxygen atoms in total. The Balaban J connectivity index is 1.72. The molecular formula is C13H18N6O. The van der Waals surface area contributed by atoms with Gasteiger partial charge in [-0.05, 0) is 18.9 Å². The standard InChI is InChI=1S/C13H18N6O/c14-18-12-3-5-15-9-11(12)13(20)17-4-1-2-7-19-8-6-16-10-19/h3,5-6,8-10H,1-2,4,7,14H2,(H,15,18)(H,17,20). The Bertz CT molecular complexity index is 540. The van der Waals surface area contributed by atoms with Crippen molar-refractivity contribution in [3.63, 3.8) is 0 Å². The van der Waals surface area contributed by atoms with Crippen LogP contribution in [0.4, 0.5) is 5.69 Å². The van der Waals surface area contributed by atoms with Crippen LogP contribution in [0.1, 0.15) is 23.2 Å². The molecule has 0 saturated heterocycles. The van der Waals surface area contributed by atoms with Gasteiger partial charge in [-0.15, -0.1) is 0 Å². The summed E-state index contributed by atoms with van der Waals surface area (Å²) in [4.78, 5) is 19.9. The second-order valence-corrected chi connectivity index (χ2v) is 4.33. The van der Waals surface area contributed by atoms with Crippen molar-refractivity contribution < 1.29 is 4.79 Å². The lowest BCUT2D eigenvalue weighted by Gasteiger charge is -2.09. The van der Waals surface area contributed by atoms with Gasteiger partial charge in [-0.2, -0.15) is 0 Å². The lowest BCUT2D eigenvalue weighted by Crippen LogP contribution is -2.26. The predicted octanol–water partition coefficient (Wildman–Crippen LogP) is 0.774. The zero-order chi connectivity index (χ0) is 14.2. The van der Waals surface area contributed by atoms with Crippen molar-refractivity contribution >= 4 is 11.6 Å². The third-order valence-corrected chi connectivity index (χ3v) is 2.91. The number of nitrogens with zero attached hydrogens (tertiary/aromatic N) is 3. The van der Waals surface area contributed by atoms with Crippen LogP contribution in [0.15, 0.2) is 37.2 Å². The molecule has 0 aliphatic rings. The van der Waals surface area contributed by atoms with Crippen LogP contribution < -0.4 is 16.6 Å². The van der Waals surface area contributed by atoms with E-state index in [4.69, 9.17) is 5.84 Å². The van der Waals surface area contributed by atoms with Gasteiger partial charge >= 0.3 is 0 Å². The Morgan fingerprint density at radius 2 is 2.20 bits per heavy atom. The smallest absolute Gasteiger partial charge is 0.255 e. The predicted molar refractivity (Wildman–Crippen MR) is 75.8 cm³/mol. The summed E-state index contributed by atoms with van der Waals surface area (Å²) < 4.78 is 2.01. The van der Waals surface area contributed by atoms with Gasteiger partial charge in [-0.3, -0.25) is 15.6 Å². The molecule has 0 bridgehead atoms. The maximum atomic E-state index is 12.0. The van der Waals surface area contributed by atoms with Crippen LogP contribution in [0.3, 0.4) is 0 Å². The van der Waals surface area contributed by atoms with Crippen LogP contribution in [-0.2, 0) is 6.54 Å². The molecule has 0 aliphatic carbocycles. The van der Waals surface area contributed by atoms with E-state index in [2.05, 4.69) is 20.7 Å². The number of carbonyl (C=O) groups is 1. The Labute approximate surface area is 117 Å². The minimum Gasteiger partial charge on any atom is -0.352 e. The molecule has 1 amide bonds. The highest BCUT2D eigenvalue weighted by atomic mass is 16.1. The third-order valence-electron chi connectivity index (χ3n) is 2.91. The number of amides is 1. The molecule has 0 aliphatic heterocycles. The largest absolute Gasteiger partial charge is 0.352 e. The number of hydrogen-bond acceptors (Lipinski definition) is 5. The molecule has 2 aromatic heterocycles. The number of carbonyl (C=O) groups excluding carboxylic acids is 1. The molecule has 2 heterocycles. The molecule has 0 atom stereocenters. The van der Waals surface area contributed by atoms with E-state index in [1.54, 1.807) is 24.8 Å². The summed E-state index contributed by atoms with van der Waals surface area (Å²) in [7, 11) is 0. The molecule has 0 unspecified atom stereocenters. The number of hydrogen-bond donors (Lipinski definition) is 3. The highest BCUT2D eigenvalue weighted by Crippen LogP contribution is 2.11. The highest BCUT2D eigenvalue weighted by molar-refractivity contribution is 5.99. The summed E-state index contributed by atoms with van der Waals surface area (Å²) in [6.45, 7) is 1.52. The number of hydrazine groups is 1. The fourth-order valence-corrected chi connectivity index (χ4v) is 1.84. The van der Waals surface area contributed by atoms with Crippen molar-refractivity contribution in [1.82, 2.24) is 19.9 Å². The number of imidazole rings is 1. The average Bonchev–Trinajstić information content (AvgIpc) is 3.00. The summed E-state index contributed by atoms with van der Waals surface area (Å²) in [5.74, 6) is 5.18. The summed E-state index contributed by atoms with van der Waals surface area (Å²) in [6.07, 6.45) is 10.4. The molecule has 2 aromatic rings. The molecule has 0 radical (unpaired) electrons. The van der Waals surface area contributed by atoms with Gasteiger partial charge in [0.2, 0.25) is 0 Å². The van der Waals surface area contributed by atoms with Gasteiger partial charge in [0.05, 0.1) is 17.6 Å². The number of nitrogens with one attached hydrogen (secondary N) is 2. The Morgan fingerprint density at radius 3 is 2.95 bits per heavy atom. The second kappa shape index (κ2) is 7.25. The normalized spacial score (nSPS) is 10.2. The number of pyridine rings is 1. The number of aromatic nitrogens is 3. The molecule has 0 fully saturated rings. The maximum absolute atomic E-state index is 12.0. The summed E-state index contributed by atoms with van der Waals surface area (Å²) >= 11 is 0. The van der Waals surface area contributed by atoms with Gasteiger partial charge in [-0.1, -0.05) is 0 Å². The van der Waals surface area contributed by atoms with E-state index in [1.807, 2.05) is 10.8 Å². The monoisotopic (exact) mass is 274 g/mol. The summed E-state index contributed by atoms with van der Waals surface area (Å²) in [5, 5.41) is 2.85. The van der Waals surface area contributed by atoms with Gasteiger partial charge < -0.3 is 15.3 Å². The summed E-state index contributed by atoms with van der Waals surface area (Å²) in [5.41, 5.74) is 3.50. The van der Waals surface area contributed by atoms with E-state index in [0.717, 1.165) is 19.4 Å². The SMILES string of the molecule is NNc1ccncc1C(=O)NCCCCn1ccnc1. The van der Waals surface area contributed by atoms with E-state index in [9.17, 15) is 4.79 Å². The number of rotatable bonds is 7. The van der Waals surface area contributed by atoms with Crippen molar-refractivity contribution in [1.29, 1.82) is 0 Å². The molecule has 2 rings (SSSR count). The molecule has 0 saturated carbocycles. The Morgan fingerprint density at radius 1 is 1.30 bits per heavy atom. The number of anilines is 1. The fraction of sp³-hybridized carbons (Fsp3) is 0.308. The lowest BCUT2D eigenvalue weighted by atomic mass is 10.2. The molecule has 4 N–H and O–H groups in total. The molecular weight excluding hydrogens is 256 g/mol. The van der Waals surface area contributed by atoms with E-state index < -0.39 is 0 Å². The maximum Gasteiger partial charge on any atom is 0.255 e. The van der Waals surface area contributed by atoms with Crippen molar-refractivity contribution in [2.24, 2.45) is 5.84 Å². The zero-order valence-corrected chi connectivity index (χ0v) is 11.1. The van der Waals surface area contributed by atoms with E-state index in [0.29, 0.717) is 17.8 Å². The van der Waals surface area contributed by atoms with Gasteiger partial charge in [0.15, 0.2) is 0 Å². The second-order valence-electron chi connectivity index (χ2n) is 4.33. The van der Waals surface area contributed by atoms with E-state index in [1.165, 1.54) is 6.20 Å². The van der Waals surface area contributed by atoms with Crippen molar-refractivity contribution in [3.05, 3.63) is 42.7 Å².